The van der Waals surface area contributed by atoms with Gasteiger partial charge in [-0.3, -0.25) is 0 Å². The van der Waals surface area contributed by atoms with Crippen LogP contribution in [0.15, 0.2) is 12.1 Å². The van der Waals surface area contributed by atoms with Crippen molar-refractivity contribution >= 4 is 11.6 Å². The molecule has 0 radical (unpaired) electrons. The van der Waals surface area contributed by atoms with Crippen LogP contribution < -0.4 is 0 Å². The Morgan fingerprint density at radius 2 is 2.14 bits per heavy atom. The zero-order chi connectivity index (χ0) is 10.3. The fraction of sp³-hybridized carbons (Fsp3) is 0.400. The van der Waals surface area contributed by atoms with Gasteiger partial charge in [0.05, 0.1) is 13.2 Å². The molecule has 2 nitrogen and oxygen atoms in total. The summed E-state index contributed by atoms with van der Waals surface area (Å²) in [5, 5.41) is 10.3. The highest BCUT2D eigenvalue weighted by Gasteiger charge is 2.40. The van der Waals surface area contributed by atoms with Crippen molar-refractivity contribution in [2.75, 3.05) is 13.2 Å². The zero-order valence-corrected chi connectivity index (χ0v) is 8.44. The van der Waals surface area contributed by atoms with Crippen LogP contribution in [0.25, 0.3) is 0 Å². The highest BCUT2D eigenvalue weighted by Crippen LogP contribution is 2.33. The fourth-order valence-electron chi connectivity index (χ4n) is 1.52. The predicted molar refractivity (Wildman–Crippen MR) is 50.9 cm³/mol. The number of aryl methyl sites for hydroxylation is 1. The first-order valence-electron chi connectivity index (χ1n) is 4.29. The Kier molecular flexibility index (Phi) is 2.26. The largest absolute Gasteiger partial charge is 0.380 e. The van der Waals surface area contributed by atoms with Crippen molar-refractivity contribution in [2.45, 2.75) is 12.5 Å². The van der Waals surface area contributed by atoms with Gasteiger partial charge in [-0.2, -0.15) is 0 Å². The van der Waals surface area contributed by atoms with Gasteiger partial charge in [0.15, 0.2) is 0 Å². The summed E-state index contributed by atoms with van der Waals surface area (Å²) in [6.07, 6.45) is 0. The maximum atomic E-state index is 13.6. The summed E-state index contributed by atoms with van der Waals surface area (Å²) in [6, 6.07) is 2.98. The van der Waals surface area contributed by atoms with Gasteiger partial charge in [0.2, 0.25) is 0 Å². The molecule has 1 aliphatic rings. The minimum Gasteiger partial charge on any atom is -0.380 e. The molecule has 2 rings (SSSR count). The zero-order valence-electron chi connectivity index (χ0n) is 7.68. The molecule has 76 valence electrons. The summed E-state index contributed by atoms with van der Waals surface area (Å²) in [6.45, 7) is 1.88. The van der Waals surface area contributed by atoms with E-state index in [4.69, 9.17) is 16.3 Å². The molecule has 0 bridgehead atoms. The average Bonchev–Trinajstić information content (AvgIpc) is 2.07. The van der Waals surface area contributed by atoms with Crippen LogP contribution in [0.1, 0.15) is 11.1 Å². The molecule has 0 aromatic heterocycles. The van der Waals surface area contributed by atoms with Crippen LogP contribution in [-0.2, 0) is 10.3 Å². The van der Waals surface area contributed by atoms with Gasteiger partial charge < -0.3 is 9.84 Å². The Labute approximate surface area is 86.3 Å². The second-order valence-corrected chi connectivity index (χ2v) is 4.05. The van der Waals surface area contributed by atoms with Crippen LogP contribution in [0.4, 0.5) is 4.39 Å². The van der Waals surface area contributed by atoms with Gasteiger partial charge in [-0.25, -0.2) is 4.39 Å². The normalized spacial score (nSPS) is 19.1. The number of benzene rings is 1. The topological polar surface area (TPSA) is 29.5 Å². The minimum atomic E-state index is -1.19. The van der Waals surface area contributed by atoms with E-state index in [-0.39, 0.29) is 18.8 Å². The van der Waals surface area contributed by atoms with Crippen molar-refractivity contribution < 1.29 is 14.2 Å². The highest BCUT2D eigenvalue weighted by atomic mass is 35.5. The number of halogens is 2. The molecule has 1 aliphatic heterocycles. The Balaban J connectivity index is 2.51. The maximum Gasteiger partial charge on any atom is 0.139 e. The number of hydrogen-bond acceptors (Lipinski definition) is 2. The second kappa shape index (κ2) is 3.19. The van der Waals surface area contributed by atoms with Crippen LogP contribution in [0, 0.1) is 12.7 Å². The minimum absolute atomic E-state index is 0.129. The van der Waals surface area contributed by atoms with E-state index >= 15 is 0 Å². The van der Waals surface area contributed by atoms with E-state index in [1.807, 2.05) is 0 Å². The molecule has 1 heterocycles. The van der Waals surface area contributed by atoms with Gasteiger partial charge in [0.1, 0.15) is 11.4 Å². The van der Waals surface area contributed by atoms with E-state index < -0.39 is 11.4 Å². The molecule has 1 aromatic carbocycles. The third kappa shape index (κ3) is 1.41. The first kappa shape index (κ1) is 9.90. The highest BCUT2D eigenvalue weighted by molar-refractivity contribution is 6.30. The predicted octanol–water partition coefficient (Wildman–Crippen LogP) is 2.01. The molecular weight excluding hydrogens is 207 g/mol. The van der Waals surface area contributed by atoms with E-state index in [1.165, 1.54) is 12.1 Å². The number of ether oxygens (including phenoxy) is 1. The number of hydrogen-bond donors (Lipinski definition) is 1. The van der Waals surface area contributed by atoms with Crippen molar-refractivity contribution in [3.05, 3.63) is 34.1 Å². The lowest BCUT2D eigenvalue weighted by Crippen LogP contribution is -2.47. The Bertz CT molecular complexity index is 375. The van der Waals surface area contributed by atoms with Gasteiger partial charge >= 0.3 is 0 Å². The first-order chi connectivity index (χ1) is 6.53. The number of rotatable bonds is 1. The van der Waals surface area contributed by atoms with Crippen molar-refractivity contribution in [1.82, 2.24) is 0 Å². The van der Waals surface area contributed by atoms with Gasteiger partial charge in [-0.1, -0.05) is 11.6 Å². The van der Waals surface area contributed by atoms with E-state index in [0.29, 0.717) is 10.6 Å². The molecule has 0 atom stereocenters. The van der Waals surface area contributed by atoms with E-state index in [2.05, 4.69) is 0 Å². The monoisotopic (exact) mass is 216 g/mol. The first-order valence-corrected chi connectivity index (χ1v) is 4.67. The average molecular weight is 217 g/mol. The summed E-state index contributed by atoms with van der Waals surface area (Å²) in [4.78, 5) is 0. The summed E-state index contributed by atoms with van der Waals surface area (Å²) in [5.74, 6) is -0.403. The molecule has 0 spiro atoms. The molecule has 0 unspecified atom stereocenters. The lowest BCUT2D eigenvalue weighted by Gasteiger charge is -2.37. The van der Waals surface area contributed by atoms with Crippen LogP contribution in [0.2, 0.25) is 5.02 Å². The number of aliphatic hydroxyl groups is 1. The fourth-order valence-corrected chi connectivity index (χ4v) is 1.79. The third-order valence-corrected chi connectivity index (χ3v) is 2.62. The van der Waals surface area contributed by atoms with Crippen molar-refractivity contribution in [1.29, 1.82) is 0 Å². The van der Waals surface area contributed by atoms with Gasteiger partial charge in [-0.15, -0.1) is 0 Å². The second-order valence-electron chi connectivity index (χ2n) is 3.61. The standard InChI is InChI=1S/C10H10ClFO2/c1-6-2-7(11)3-8(9(6)12)10(13)4-14-5-10/h2-3,13H,4-5H2,1H3. The third-order valence-electron chi connectivity index (χ3n) is 2.40. The summed E-state index contributed by atoms with van der Waals surface area (Å²) >= 11 is 5.79. The summed E-state index contributed by atoms with van der Waals surface area (Å²) in [5.41, 5.74) is -0.527. The summed E-state index contributed by atoms with van der Waals surface area (Å²) in [7, 11) is 0. The van der Waals surface area contributed by atoms with Crippen molar-refractivity contribution in [2.24, 2.45) is 0 Å². The maximum absolute atomic E-state index is 13.6. The molecule has 0 saturated carbocycles. The van der Waals surface area contributed by atoms with Crippen LogP contribution in [0.5, 0.6) is 0 Å². The molecule has 0 amide bonds. The van der Waals surface area contributed by atoms with Crippen LogP contribution in [0.3, 0.4) is 0 Å². The molecule has 1 N–H and O–H groups in total. The molecule has 1 saturated heterocycles. The van der Waals surface area contributed by atoms with E-state index in [0.717, 1.165) is 0 Å². The molecule has 4 heteroatoms. The Morgan fingerprint density at radius 1 is 1.50 bits per heavy atom. The van der Waals surface area contributed by atoms with Crippen molar-refractivity contribution in [3.8, 4) is 0 Å². The molecule has 1 fully saturated rings. The molecule has 14 heavy (non-hydrogen) atoms. The smallest absolute Gasteiger partial charge is 0.139 e. The SMILES string of the molecule is Cc1cc(Cl)cc(C2(O)COC2)c1F. The van der Waals surface area contributed by atoms with Crippen LogP contribution in [-0.4, -0.2) is 18.3 Å². The quantitative estimate of drug-likeness (QED) is 0.778. The van der Waals surface area contributed by atoms with Gasteiger partial charge in [-0.05, 0) is 24.6 Å². The van der Waals surface area contributed by atoms with Crippen LogP contribution >= 0.6 is 11.6 Å². The van der Waals surface area contributed by atoms with E-state index in [9.17, 15) is 9.50 Å². The van der Waals surface area contributed by atoms with E-state index in [1.54, 1.807) is 6.92 Å². The Morgan fingerprint density at radius 3 is 2.64 bits per heavy atom. The lowest BCUT2D eigenvalue weighted by molar-refractivity contribution is -0.186. The Hall–Kier alpha value is -0.640. The molecule has 0 aliphatic carbocycles. The lowest BCUT2D eigenvalue weighted by atomic mass is 9.90. The molecular formula is C10H10ClFO2. The molecule has 1 aromatic rings. The van der Waals surface area contributed by atoms with Crippen molar-refractivity contribution in [3.63, 3.8) is 0 Å². The summed E-state index contributed by atoms with van der Waals surface area (Å²) < 4.78 is 18.5. The van der Waals surface area contributed by atoms with Gasteiger partial charge in [0.25, 0.3) is 0 Å². The van der Waals surface area contributed by atoms with Gasteiger partial charge in [0, 0.05) is 10.6 Å².